The molecule has 0 unspecified atom stereocenters. The third-order valence-electron chi connectivity index (χ3n) is 2.40. The van der Waals surface area contributed by atoms with Gasteiger partial charge in [0.15, 0.2) is 17.3 Å². The summed E-state index contributed by atoms with van der Waals surface area (Å²) in [7, 11) is 4.57. The number of benzene rings is 1. The average Bonchev–Trinajstić information content (AvgIpc) is 2.37. The molecule has 1 aromatic rings. The molecular weight excluding hydrogens is 222 g/mol. The van der Waals surface area contributed by atoms with E-state index in [-0.39, 0.29) is 12.3 Å². The number of hydrogen-bond acceptors (Lipinski definition) is 5. The first kappa shape index (κ1) is 13.5. The van der Waals surface area contributed by atoms with Gasteiger partial charge in [0.05, 0.1) is 32.9 Å². The van der Waals surface area contributed by atoms with Crippen LogP contribution in [0.15, 0.2) is 12.1 Å². The van der Waals surface area contributed by atoms with Crippen molar-refractivity contribution in [3.8, 4) is 11.5 Å². The van der Waals surface area contributed by atoms with E-state index >= 15 is 0 Å². The highest BCUT2D eigenvalue weighted by molar-refractivity contribution is 6.02. The van der Waals surface area contributed by atoms with Gasteiger partial charge in [0.1, 0.15) is 0 Å². The molecule has 2 N–H and O–H groups in total. The van der Waals surface area contributed by atoms with Crippen molar-refractivity contribution in [2.24, 2.45) is 5.73 Å². The average molecular weight is 239 g/mol. The van der Waals surface area contributed by atoms with Crippen LogP contribution in [0.2, 0.25) is 0 Å². The van der Waals surface area contributed by atoms with E-state index in [1.807, 2.05) is 0 Å². The molecule has 1 aromatic carbocycles. The molecule has 0 spiro atoms. The van der Waals surface area contributed by atoms with Crippen LogP contribution in [0.4, 0.5) is 0 Å². The summed E-state index contributed by atoms with van der Waals surface area (Å²) in [6.07, 6.45) is 0. The number of nitrogens with two attached hydrogens (primary N) is 1. The fourth-order valence-corrected chi connectivity index (χ4v) is 1.65. The third-order valence-corrected chi connectivity index (χ3v) is 2.40. The molecule has 0 aliphatic rings. The highest BCUT2D eigenvalue weighted by Crippen LogP contribution is 2.33. The standard InChI is InChI=1S/C12H17NO4/c1-15-7-8-4-5-10(16-2)12(17-3)11(8)9(14)6-13/h4-5H,6-7,13H2,1-3H3. The van der Waals surface area contributed by atoms with Gasteiger partial charge in [-0.3, -0.25) is 4.79 Å². The number of carbonyl (C=O) groups is 1. The summed E-state index contributed by atoms with van der Waals surface area (Å²) in [5.41, 5.74) is 6.56. The minimum absolute atomic E-state index is 0.0831. The number of Topliss-reactive ketones (excluding diaryl/α,β-unsaturated/α-hetero) is 1. The minimum atomic E-state index is -0.201. The van der Waals surface area contributed by atoms with Gasteiger partial charge < -0.3 is 19.9 Å². The maximum atomic E-state index is 11.8. The molecule has 94 valence electrons. The number of rotatable bonds is 6. The highest BCUT2D eigenvalue weighted by Gasteiger charge is 2.20. The van der Waals surface area contributed by atoms with E-state index in [9.17, 15) is 4.79 Å². The van der Waals surface area contributed by atoms with Crippen LogP contribution in [0.25, 0.3) is 0 Å². The smallest absolute Gasteiger partial charge is 0.180 e. The third kappa shape index (κ3) is 2.75. The van der Waals surface area contributed by atoms with Crippen LogP contribution in [0.1, 0.15) is 15.9 Å². The minimum Gasteiger partial charge on any atom is -0.493 e. The molecule has 0 aliphatic carbocycles. The lowest BCUT2D eigenvalue weighted by Gasteiger charge is -2.15. The van der Waals surface area contributed by atoms with Crippen molar-refractivity contribution >= 4 is 5.78 Å². The second kappa shape index (κ2) is 6.22. The molecule has 1 rings (SSSR count). The summed E-state index contributed by atoms with van der Waals surface area (Å²) in [5, 5.41) is 0. The van der Waals surface area contributed by atoms with Gasteiger partial charge in [-0.2, -0.15) is 0 Å². The summed E-state index contributed by atoms with van der Waals surface area (Å²) in [4.78, 5) is 11.8. The summed E-state index contributed by atoms with van der Waals surface area (Å²) in [5.74, 6) is 0.703. The second-order valence-corrected chi connectivity index (χ2v) is 3.40. The monoisotopic (exact) mass is 239 g/mol. The van der Waals surface area contributed by atoms with Crippen LogP contribution in [0.3, 0.4) is 0 Å². The van der Waals surface area contributed by atoms with E-state index in [2.05, 4.69) is 0 Å². The first-order valence-corrected chi connectivity index (χ1v) is 5.15. The first-order chi connectivity index (χ1) is 8.19. The molecule has 5 nitrogen and oxygen atoms in total. The molecule has 0 aliphatic heterocycles. The fourth-order valence-electron chi connectivity index (χ4n) is 1.65. The molecule has 0 bridgehead atoms. The molecule has 17 heavy (non-hydrogen) atoms. The number of ether oxygens (including phenoxy) is 3. The quantitative estimate of drug-likeness (QED) is 0.750. The Hall–Kier alpha value is -1.59. The maximum absolute atomic E-state index is 11.8. The predicted molar refractivity (Wildman–Crippen MR) is 63.6 cm³/mol. The summed E-state index contributed by atoms with van der Waals surface area (Å²) < 4.78 is 15.4. The Morgan fingerprint density at radius 2 is 1.94 bits per heavy atom. The first-order valence-electron chi connectivity index (χ1n) is 5.15. The van der Waals surface area contributed by atoms with Gasteiger partial charge in [-0.15, -0.1) is 0 Å². The Morgan fingerprint density at radius 1 is 1.24 bits per heavy atom. The van der Waals surface area contributed by atoms with E-state index < -0.39 is 0 Å². The van der Waals surface area contributed by atoms with Crippen molar-refractivity contribution in [2.45, 2.75) is 6.61 Å². The summed E-state index contributed by atoms with van der Waals surface area (Å²) in [6, 6.07) is 3.51. The molecule has 0 amide bonds. The van der Waals surface area contributed by atoms with Crippen LogP contribution >= 0.6 is 0 Å². The zero-order valence-corrected chi connectivity index (χ0v) is 10.3. The van der Waals surface area contributed by atoms with Crippen molar-refractivity contribution in [1.82, 2.24) is 0 Å². The van der Waals surface area contributed by atoms with Crippen LogP contribution in [-0.2, 0) is 11.3 Å². The molecule has 0 aromatic heterocycles. The van der Waals surface area contributed by atoms with Gasteiger partial charge in [0, 0.05) is 7.11 Å². The molecular formula is C12H17NO4. The fraction of sp³-hybridized carbons (Fsp3) is 0.417. The lowest BCUT2D eigenvalue weighted by atomic mass is 10.0. The SMILES string of the molecule is COCc1ccc(OC)c(OC)c1C(=O)CN. The van der Waals surface area contributed by atoms with E-state index in [1.54, 1.807) is 19.2 Å². The van der Waals surface area contributed by atoms with Crippen molar-refractivity contribution in [3.05, 3.63) is 23.3 Å². The Labute approximate surface area is 100 Å². The van der Waals surface area contributed by atoms with Gasteiger partial charge in [0.2, 0.25) is 0 Å². The Bertz CT molecular complexity index is 404. The molecule has 0 heterocycles. The van der Waals surface area contributed by atoms with Crippen molar-refractivity contribution in [2.75, 3.05) is 27.9 Å². The lowest BCUT2D eigenvalue weighted by Crippen LogP contribution is -2.17. The topological polar surface area (TPSA) is 70.8 Å². The summed E-state index contributed by atoms with van der Waals surface area (Å²) in [6.45, 7) is 0.238. The number of carbonyl (C=O) groups excluding carboxylic acids is 1. The molecule has 0 saturated heterocycles. The second-order valence-electron chi connectivity index (χ2n) is 3.40. The van der Waals surface area contributed by atoms with Crippen LogP contribution in [0.5, 0.6) is 11.5 Å². The Kier molecular flexibility index (Phi) is 4.93. The largest absolute Gasteiger partial charge is 0.493 e. The van der Waals surface area contributed by atoms with E-state index in [0.717, 1.165) is 5.56 Å². The summed E-state index contributed by atoms with van der Waals surface area (Å²) >= 11 is 0. The van der Waals surface area contributed by atoms with Crippen LogP contribution in [-0.4, -0.2) is 33.7 Å². The Morgan fingerprint density at radius 3 is 2.41 bits per heavy atom. The molecule has 0 fully saturated rings. The van der Waals surface area contributed by atoms with E-state index in [0.29, 0.717) is 23.7 Å². The van der Waals surface area contributed by atoms with E-state index in [1.165, 1.54) is 14.2 Å². The number of ketones is 1. The van der Waals surface area contributed by atoms with Gasteiger partial charge in [-0.05, 0) is 11.6 Å². The maximum Gasteiger partial charge on any atom is 0.180 e. The highest BCUT2D eigenvalue weighted by atomic mass is 16.5. The lowest BCUT2D eigenvalue weighted by molar-refractivity contribution is 0.0992. The van der Waals surface area contributed by atoms with Crippen LogP contribution < -0.4 is 15.2 Å². The van der Waals surface area contributed by atoms with Gasteiger partial charge in [-0.25, -0.2) is 0 Å². The van der Waals surface area contributed by atoms with Crippen LogP contribution in [0, 0.1) is 0 Å². The number of hydrogen-bond donors (Lipinski definition) is 1. The molecule has 0 atom stereocenters. The molecule has 0 saturated carbocycles. The van der Waals surface area contributed by atoms with Gasteiger partial charge in [-0.1, -0.05) is 6.07 Å². The zero-order valence-electron chi connectivity index (χ0n) is 10.3. The van der Waals surface area contributed by atoms with Crippen molar-refractivity contribution in [1.29, 1.82) is 0 Å². The number of methoxy groups -OCH3 is 3. The van der Waals surface area contributed by atoms with E-state index in [4.69, 9.17) is 19.9 Å². The molecule has 0 radical (unpaired) electrons. The Balaban J connectivity index is 3.38. The van der Waals surface area contributed by atoms with Gasteiger partial charge in [0.25, 0.3) is 0 Å². The van der Waals surface area contributed by atoms with Crippen molar-refractivity contribution < 1.29 is 19.0 Å². The molecule has 5 heteroatoms. The normalized spacial score (nSPS) is 10.1. The van der Waals surface area contributed by atoms with Crippen molar-refractivity contribution in [3.63, 3.8) is 0 Å². The van der Waals surface area contributed by atoms with Gasteiger partial charge >= 0.3 is 0 Å². The zero-order chi connectivity index (χ0) is 12.8. The predicted octanol–water partition coefficient (Wildman–Crippen LogP) is 0.992.